The van der Waals surface area contributed by atoms with Crippen molar-refractivity contribution in [3.05, 3.63) is 51.8 Å². The van der Waals surface area contributed by atoms with Gasteiger partial charge >= 0.3 is 0 Å². The lowest BCUT2D eigenvalue weighted by Crippen LogP contribution is -2.37. The predicted octanol–water partition coefficient (Wildman–Crippen LogP) is 2.93. The smallest absolute Gasteiger partial charge is 0.274 e. The summed E-state index contributed by atoms with van der Waals surface area (Å²) in [5, 5.41) is 7.96. The summed E-state index contributed by atoms with van der Waals surface area (Å²) in [5.74, 6) is -0.0340. The van der Waals surface area contributed by atoms with E-state index in [4.69, 9.17) is 11.6 Å². The molecule has 1 aliphatic heterocycles. The fourth-order valence-corrected chi connectivity index (χ4v) is 4.03. The van der Waals surface area contributed by atoms with Crippen LogP contribution < -0.4 is 0 Å². The molecule has 27 heavy (non-hydrogen) atoms. The van der Waals surface area contributed by atoms with Crippen LogP contribution in [0.1, 0.15) is 51.4 Å². The van der Waals surface area contributed by atoms with Crippen molar-refractivity contribution in [2.45, 2.75) is 32.1 Å². The number of rotatable bonds is 2. The van der Waals surface area contributed by atoms with E-state index >= 15 is 0 Å². The first-order valence-corrected chi connectivity index (χ1v) is 9.91. The summed E-state index contributed by atoms with van der Waals surface area (Å²) in [5.41, 5.74) is 3.39. The predicted molar refractivity (Wildman–Crippen MR) is 103 cm³/mol. The van der Waals surface area contributed by atoms with Gasteiger partial charge in [0, 0.05) is 48.0 Å². The van der Waals surface area contributed by atoms with Gasteiger partial charge in [0.2, 0.25) is 0 Å². The minimum atomic E-state index is -0.0183. The lowest BCUT2D eigenvalue weighted by atomic mass is 9.95. The molecule has 0 atom stereocenters. The van der Waals surface area contributed by atoms with Gasteiger partial charge in [-0.3, -0.25) is 14.7 Å². The summed E-state index contributed by atoms with van der Waals surface area (Å²) in [6, 6.07) is 6.94. The SMILES string of the molecule is O=C(c1ccc(Cl)cc1)N1CCCN(C(=O)c2n[nH]c3c2CCCC3)CC1. The highest BCUT2D eigenvalue weighted by Gasteiger charge is 2.28. The monoisotopic (exact) mass is 386 g/mol. The number of hydrogen-bond acceptors (Lipinski definition) is 3. The average molecular weight is 387 g/mol. The number of aryl methyl sites for hydroxylation is 1. The second kappa shape index (κ2) is 7.72. The molecule has 4 rings (SSSR count). The lowest BCUT2D eigenvalue weighted by Gasteiger charge is -2.22. The van der Waals surface area contributed by atoms with Gasteiger partial charge in [-0.15, -0.1) is 0 Å². The van der Waals surface area contributed by atoms with E-state index in [2.05, 4.69) is 10.2 Å². The molecular weight excluding hydrogens is 364 g/mol. The van der Waals surface area contributed by atoms with Crippen molar-refractivity contribution < 1.29 is 9.59 Å². The number of aromatic amines is 1. The van der Waals surface area contributed by atoms with Crippen LogP contribution in [0.5, 0.6) is 0 Å². The Labute approximate surface area is 163 Å². The Hall–Kier alpha value is -2.34. The minimum Gasteiger partial charge on any atom is -0.337 e. The molecule has 1 saturated heterocycles. The Morgan fingerprint density at radius 2 is 1.56 bits per heavy atom. The number of carbonyl (C=O) groups excluding carboxylic acids is 2. The van der Waals surface area contributed by atoms with Crippen molar-refractivity contribution in [1.29, 1.82) is 0 Å². The summed E-state index contributed by atoms with van der Waals surface area (Å²) in [7, 11) is 0. The van der Waals surface area contributed by atoms with E-state index in [9.17, 15) is 9.59 Å². The fourth-order valence-electron chi connectivity index (χ4n) is 3.91. The molecule has 0 saturated carbocycles. The van der Waals surface area contributed by atoms with Gasteiger partial charge in [0.15, 0.2) is 5.69 Å². The number of aromatic nitrogens is 2. The van der Waals surface area contributed by atoms with Gasteiger partial charge in [-0.25, -0.2) is 0 Å². The van der Waals surface area contributed by atoms with Gasteiger partial charge in [0.25, 0.3) is 11.8 Å². The number of fused-ring (bicyclic) bond motifs is 1. The van der Waals surface area contributed by atoms with Crippen LogP contribution >= 0.6 is 11.6 Å². The van der Waals surface area contributed by atoms with Crippen LogP contribution in [0.4, 0.5) is 0 Å². The van der Waals surface area contributed by atoms with Crippen LogP contribution in [-0.4, -0.2) is 58.0 Å². The van der Waals surface area contributed by atoms with E-state index in [1.807, 2.05) is 9.80 Å². The van der Waals surface area contributed by atoms with Gasteiger partial charge in [-0.2, -0.15) is 5.10 Å². The van der Waals surface area contributed by atoms with Gasteiger partial charge in [-0.05, 0) is 56.4 Å². The molecule has 0 radical (unpaired) electrons. The first-order valence-electron chi connectivity index (χ1n) is 9.54. The van der Waals surface area contributed by atoms with E-state index in [1.54, 1.807) is 24.3 Å². The standard InChI is InChI=1S/C20H23ClN4O2/c21-15-8-6-14(7-9-15)19(26)24-10-3-11-25(13-12-24)20(27)18-16-4-1-2-5-17(16)22-23-18/h6-9H,1-5,10-13H2,(H,22,23). The molecule has 142 valence electrons. The molecule has 0 spiro atoms. The van der Waals surface area contributed by atoms with Gasteiger partial charge in [0.05, 0.1) is 0 Å². The van der Waals surface area contributed by atoms with Gasteiger partial charge in [0.1, 0.15) is 0 Å². The number of hydrogen-bond donors (Lipinski definition) is 1. The first-order chi connectivity index (χ1) is 13.1. The summed E-state index contributed by atoms with van der Waals surface area (Å²) in [6.07, 6.45) is 4.91. The van der Waals surface area contributed by atoms with Gasteiger partial charge in [-0.1, -0.05) is 11.6 Å². The normalized spacial score (nSPS) is 17.4. The number of carbonyl (C=O) groups is 2. The zero-order valence-corrected chi connectivity index (χ0v) is 16.0. The summed E-state index contributed by atoms with van der Waals surface area (Å²) >= 11 is 5.90. The van der Waals surface area contributed by atoms with Crippen LogP contribution in [0, 0.1) is 0 Å². The van der Waals surface area contributed by atoms with E-state index in [1.165, 1.54) is 0 Å². The number of H-pyrrole nitrogens is 1. The van der Waals surface area contributed by atoms with Crippen LogP contribution in [0.3, 0.4) is 0 Å². The summed E-state index contributed by atoms with van der Waals surface area (Å²) < 4.78 is 0. The molecule has 2 amide bonds. The molecule has 1 aromatic heterocycles. The molecule has 7 heteroatoms. The molecule has 1 fully saturated rings. The Morgan fingerprint density at radius 3 is 2.30 bits per heavy atom. The van der Waals surface area contributed by atoms with E-state index in [0.29, 0.717) is 42.5 Å². The summed E-state index contributed by atoms with van der Waals surface area (Å²) in [4.78, 5) is 29.4. The third-order valence-electron chi connectivity index (χ3n) is 5.42. The van der Waals surface area contributed by atoms with Crippen LogP contribution in [-0.2, 0) is 12.8 Å². The molecule has 1 aliphatic carbocycles. The van der Waals surface area contributed by atoms with E-state index in [0.717, 1.165) is 43.4 Å². The number of halogens is 1. The third-order valence-corrected chi connectivity index (χ3v) is 5.67. The molecule has 1 aromatic carbocycles. The summed E-state index contributed by atoms with van der Waals surface area (Å²) in [6.45, 7) is 2.34. The molecular formula is C20H23ClN4O2. The first kappa shape index (κ1) is 18.0. The Balaban J connectivity index is 1.44. The topological polar surface area (TPSA) is 69.3 Å². The Morgan fingerprint density at radius 1 is 0.889 bits per heavy atom. The van der Waals surface area contributed by atoms with Crippen molar-refractivity contribution in [2.75, 3.05) is 26.2 Å². The van der Waals surface area contributed by atoms with Crippen molar-refractivity contribution >= 4 is 23.4 Å². The molecule has 2 aliphatic rings. The molecule has 2 heterocycles. The van der Waals surface area contributed by atoms with E-state index < -0.39 is 0 Å². The second-order valence-electron chi connectivity index (χ2n) is 7.18. The number of amides is 2. The number of benzene rings is 1. The van der Waals surface area contributed by atoms with Crippen molar-refractivity contribution in [3.8, 4) is 0 Å². The van der Waals surface area contributed by atoms with E-state index in [-0.39, 0.29) is 11.8 Å². The Kier molecular flexibility index (Phi) is 5.16. The molecule has 0 unspecified atom stereocenters. The largest absolute Gasteiger partial charge is 0.337 e. The molecule has 6 nitrogen and oxygen atoms in total. The molecule has 2 aromatic rings. The van der Waals surface area contributed by atoms with Crippen LogP contribution in [0.25, 0.3) is 0 Å². The number of nitrogens with zero attached hydrogens (tertiary/aromatic N) is 3. The van der Waals surface area contributed by atoms with Crippen molar-refractivity contribution in [3.63, 3.8) is 0 Å². The highest BCUT2D eigenvalue weighted by atomic mass is 35.5. The maximum absolute atomic E-state index is 13.0. The third kappa shape index (κ3) is 3.72. The molecule has 0 bridgehead atoms. The van der Waals surface area contributed by atoms with Crippen LogP contribution in [0.15, 0.2) is 24.3 Å². The van der Waals surface area contributed by atoms with Crippen molar-refractivity contribution in [2.24, 2.45) is 0 Å². The van der Waals surface area contributed by atoms with Crippen LogP contribution in [0.2, 0.25) is 5.02 Å². The van der Waals surface area contributed by atoms with Gasteiger partial charge < -0.3 is 9.80 Å². The maximum Gasteiger partial charge on any atom is 0.274 e. The zero-order valence-electron chi connectivity index (χ0n) is 15.2. The minimum absolute atomic E-state index is 0.0156. The quantitative estimate of drug-likeness (QED) is 0.862. The highest BCUT2D eigenvalue weighted by Crippen LogP contribution is 2.23. The van der Waals surface area contributed by atoms with Crippen molar-refractivity contribution in [1.82, 2.24) is 20.0 Å². The highest BCUT2D eigenvalue weighted by molar-refractivity contribution is 6.30. The lowest BCUT2D eigenvalue weighted by molar-refractivity contribution is 0.0715. The fraction of sp³-hybridized carbons (Fsp3) is 0.450. The average Bonchev–Trinajstić information content (AvgIpc) is 2.96. The Bertz CT molecular complexity index is 846. The number of nitrogens with one attached hydrogen (secondary N) is 1. The zero-order chi connectivity index (χ0) is 18.8. The molecule has 1 N–H and O–H groups in total. The maximum atomic E-state index is 13.0. The second-order valence-corrected chi connectivity index (χ2v) is 7.62.